The SMILES string of the molecule is COC(CNC(=O)C(=O)Nc1ccc(F)cc1)OC. The second kappa shape index (κ2) is 7.45. The van der Waals surface area contributed by atoms with Gasteiger partial charge in [0.2, 0.25) is 0 Å². The van der Waals surface area contributed by atoms with E-state index in [9.17, 15) is 14.0 Å². The van der Waals surface area contributed by atoms with Crippen LogP contribution in [0, 0.1) is 5.82 Å². The van der Waals surface area contributed by atoms with Gasteiger partial charge in [0, 0.05) is 19.9 Å². The molecule has 0 saturated heterocycles. The van der Waals surface area contributed by atoms with Crippen LogP contribution < -0.4 is 10.6 Å². The zero-order valence-corrected chi connectivity index (χ0v) is 10.6. The van der Waals surface area contributed by atoms with E-state index in [1.165, 1.54) is 38.5 Å². The van der Waals surface area contributed by atoms with Gasteiger partial charge in [-0.25, -0.2) is 4.39 Å². The Balaban J connectivity index is 2.44. The molecular formula is C12H15FN2O4. The highest BCUT2D eigenvalue weighted by molar-refractivity contribution is 6.39. The van der Waals surface area contributed by atoms with E-state index in [4.69, 9.17) is 9.47 Å². The molecule has 104 valence electrons. The summed E-state index contributed by atoms with van der Waals surface area (Å²) >= 11 is 0. The molecule has 0 aliphatic rings. The number of amides is 2. The van der Waals surface area contributed by atoms with Crippen molar-refractivity contribution in [1.29, 1.82) is 0 Å². The number of hydrogen-bond acceptors (Lipinski definition) is 4. The Morgan fingerprint density at radius 3 is 2.26 bits per heavy atom. The van der Waals surface area contributed by atoms with Gasteiger partial charge in [-0.05, 0) is 24.3 Å². The van der Waals surface area contributed by atoms with Crippen LogP contribution in [0.25, 0.3) is 0 Å². The van der Waals surface area contributed by atoms with Crippen molar-refractivity contribution in [3.63, 3.8) is 0 Å². The number of benzene rings is 1. The first-order valence-corrected chi connectivity index (χ1v) is 5.47. The van der Waals surface area contributed by atoms with Crippen LogP contribution in [0.5, 0.6) is 0 Å². The molecule has 0 heterocycles. The number of hydrogen-bond donors (Lipinski definition) is 2. The Morgan fingerprint density at radius 1 is 1.16 bits per heavy atom. The third kappa shape index (κ3) is 5.02. The molecule has 0 bridgehead atoms. The third-order valence-corrected chi connectivity index (χ3v) is 2.26. The number of ether oxygens (including phenoxy) is 2. The molecule has 0 aromatic heterocycles. The molecule has 2 N–H and O–H groups in total. The highest BCUT2D eigenvalue weighted by Gasteiger charge is 2.15. The normalized spacial score (nSPS) is 10.3. The lowest BCUT2D eigenvalue weighted by molar-refractivity contribution is -0.139. The highest BCUT2D eigenvalue weighted by Crippen LogP contribution is 2.07. The van der Waals surface area contributed by atoms with Gasteiger partial charge in [0.15, 0.2) is 6.29 Å². The largest absolute Gasteiger partial charge is 0.354 e. The first-order chi connectivity index (χ1) is 9.06. The Hall–Kier alpha value is -1.99. The average Bonchev–Trinajstić information content (AvgIpc) is 2.42. The van der Waals surface area contributed by atoms with E-state index in [1.54, 1.807) is 0 Å². The molecule has 1 aromatic rings. The lowest BCUT2D eigenvalue weighted by atomic mass is 10.3. The Kier molecular flexibility index (Phi) is 5.91. The smallest absolute Gasteiger partial charge is 0.313 e. The summed E-state index contributed by atoms with van der Waals surface area (Å²) < 4.78 is 22.4. The summed E-state index contributed by atoms with van der Waals surface area (Å²) in [7, 11) is 2.83. The molecule has 0 spiro atoms. The first-order valence-electron chi connectivity index (χ1n) is 5.47. The Morgan fingerprint density at radius 2 is 1.74 bits per heavy atom. The van der Waals surface area contributed by atoms with Gasteiger partial charge in [-0.1, -0.05) is 0 Å². The van der Waals surface area contributed by atoms with Crippen LogP contribution in [0.15, 0.2) is 24.3 Å². The fourth-order valence-corrected chi connectivity index (χ4v) is 1.24. The van der Waals surface area contributed by atoms with Gasteiger partial charge in [0.1, 0.15) is 5.82 Å². The van der Waals surface area contributed by atoms with Crippen molar-refractivity contribution < 1.29 is 23.5 Å². The molecule has 7 heteroatoms. The van der Waals surface area contributed by atoms with Crippen LogP contribution in [0.1, 0.15) is 0 Å². The molecule has 0 saturated carbocycles. The topological polar surface area (TPSA) is 76.7 Å². The lowest BCUT2D eigenvalue weighted by Crippen LogP contribution is -2.40. The van der Waals surface area contributed by atoms with Gasteiger partial charge in [-0.2, -0.15) is 0 Å². The number of halogens is 1. The maximum absolute atomic E-state index is 12.7. The van der Waals surface area contributed by atoms with Crippen LogP contribution in [0.4, 0.5) is 10.1 Å². The van der Waals surface area contributed by atoms with Crippen LogP contribution in [-0.2, 0) is 19.1 Å². The minimum absolute atomic E-state index is 0.0443. The summed E-state index contributed by atoms with van der Waals surface area (Å²) in [6.45, 7) is 0.0443. The third-order valence-electron chi connectivity index (χ3n) is 2.26. The predicted octanol–water partition coefficient (Wildman–Crippen LogP) is 0.499. The number of methoxy groups -OCH3 is 2. The molecule has 1 aromatic carbocycles. The van der Waals surface area contributed by atoms with Crippen LogP contribution in [0.2, 0.25) is 0 Å². The van der Waals surface area contributed by atoms with E-state index >= 15 is 0 Å². The molecule has 0 fully saturated rings. The van der Waals surface area contributed by atoms with Crippen molar-refractivity contribution in [2.24, 2.45) is 0 Å². The van der Waals surface area contributed by atoms with Gasteiger partial charge in [0.25, 0.3) is 0 Å². The van der Waals surface area contributed by atoms with Crippen LogP contribution in [0.3, 0.4) is 0 Å². The summed E-state index contributed by atoms with van der Waals surface area (Å²) in [6.07, 6.45) is -0.623. The van der Waals surface area contributed by atoms with Crippen LogP contribution in [-0.4, -0.2) is 38.9 Å². The predicted molar refractivity (Wildman–Crippen MR) is 65.8 cm³/mol. The monoisotopic (exact) mass is 270 g/mol. The minimum atomic E-state index is -0.849. The van der Waals surface area contributed by atoms with Gasteiger partial charge in [-0.15, -0.1) is 0 Å². The number of nitrogens with one attached hydrogen (secondary N) is 2. The van der Waals surface area contributed by atoms with E-state index in [0.29, 0.717) is 5.69 Å². The molecule has 0 aliphatic heterocycles. The van der Waals surface area contributed by atoms with Crippen molar-refractivity contribution in [1.82, 2.24) is 5.32 Å². The van der Waals surface area contributed by atoms with Gasteiger partial charge >= 0.3 is 11.8 Å². The standard InChI is InChI=1S/C12H15FN2O4/c1-18-10(19-2)7-14-11(16)12(17)15-9-5-3-8(13)4-6-9/h3-6,10H,7H2,1-2H3,(H,14,16)(H,15,17). The second-order valence-corrected chi connectivity index (χ2v) is 3.57. The van der Waals surface area contributed by atoms with E-state index in [1.807, 2.05) is 0 Å². The number of anilines is 1. The maximum Gasteiger partial charge on any atom is 0.313 e. The Bertz CT molecular complexity index is 432. The molecular weight excluding hydrogens is 255 g/mol. The fourth-order valence-electron chi connectivity index (χ4n) is 1.24. The van der Waals surface area contributed by atoms with Crippen molar-refractivity contribution in [3.8, 4) is 0 Å². The minimum Gasteiger partial charge on any atom is -0.354 e. The number of carbonyl (C=O) groups is 2. The Labute approximate surface area is 109 Å². The van der Waals surface area contributed by atoms with E-state index < -0.39 is 23.9 Å². The molecule has 0 aliphatic carbocycles. The quantitative estimate of drug-likeness (QED) is 0.603. The van der Waals surface area contributed by atoms with Gasteiger partial charge < -0.3 is 20.1 Å². The van der Waals surface area contributed by atoms with E-state index in [0.717, 1.165) is 0 Å². The summed E-state index contributed by atoms with van der Waals surface area (Å²) in [5.41, 5.74) is 0.330. The maximum atomic E-state index is 12.7. The van der Waals surface area contributed by atoms with Crippen molar-refractivity contribution in [2.75, 3.05) is 26.1 Å². The molecule has 0 atom stereocenters. The van der Waals surface area contributed by atoms with Gasteiger partial charge in [-0.3, -0.25) is 9.59 Å². The second-order valence-electron chi connectivity index (χ2n) is 3.57. The van der Waals surface area contributed by atoms with Crippen molar-refractivity contribution >= 4 is 17.5 Å². The number of rotatable bonds is 5. The zero-order chi connectivity index (χ0) is 14.3. The van der Waals surface area contributed by atoms with E-state index in [-0.39, 0.29) is 6.54 Å². The molecule has 6 nitrogen and oxygen atoms in total. The molecule has 2 amide bonds. The lowest BCUT2D eigenvalue weighted by Gasteiger charge is -2.13. The van der Waals surface area contributed by atoms with Crippen LogP contribution >= 0.6 is 0 Å². The van der Waals surface area contributed by atoms with Gasteiger partial charge in [0.05, 0.1) is 6.54 Å². The average molecular weight is 270 g/mol. The zero-order valence-electron chi connectivity index (χ0n) is 10.6. The van der Waals surface area contributed by atoms with Crippen molar-refractivity contribution in [3.05, 3.63) is 30.1 Å². The number of carbonyl (C=O) groups excluding carboxylic acids is 2. The highest BCUT2D eigenvalue weighted by atomic mass is 19.1. The summed E-state index contributed by atoms with van der Waals surface area (Å²) in [4.78, 5) is 22.9. The molecule has 1 rings (SSSR count). The molecule has 0 radical (unpaired) electrons. The summed E-state index contributed by atoms with van der Waals surface area (Å²) in [6, 6.07) is 5.07. The summed E-state index contributed by atoms with van der Waals surface area (Å²) in [5, 5.41) is 4.67. The summed E-state index contributed by atoms with van der Waals surface area (Å²) in [5.74, 6) is -2.11. The van der Waals surface area contributed by atoms with E-state index in [2.05, 4.69) is 10.6 Å². The fraction of sp³-hybridized carbons (Fsp3) is 0.333. The molecule has 0 unspecified atom stereocenters. The molecule has 19 heavy (non-hydrogen) atoms. The van der Waals surface area contributed by atoms with Crippen molar-refractivity contribution in [2.45, 2.75) is 6.29 Å². The first kappa shape index (κ1) is 15.1.